The van der Waals surface area contributed by atoms with Gasteiger partial charge >= 0.3 is 0 Å². The molecule has 0 saturated carbocycles. The van der Waals surface area contributed by atoms with E-state index < -0.39 is 37.8 Å². The largest absolute Gasteiger partial charge is 0.382 e. The molecule has 0 saturated heterocycles. The number of nitrogen functional groups attached to an aromatic ring is 4. The summed E-state index contributed by atoms with van der Waals surface area (Å²) in [5.74, 6) is 0.554. The molecule has 128 heavy (non-hydrogen) atoms. The van der Waals surface area contributed by atoms with Gasteiger partial charge in [-0.05, 0) is 22.3 Å². The molecule has 32 nitrogen and oxygen atoms in total. The fourth-order valence-electron chi connectivity index (χ4n) is 13.7. The summed E-state index contributed by atoms with van der Waals surface area (Å²) in [6.45, 7) is 30.4. The van der Waals surface area contributed by atoms with E-state index in [1.165, 1.54) is 23.7 Å². The molecule has 16 rings (SSSR count). The Kier molecular flexibility index (Phi) is 23.0. The van der Waals surface area contributed by atoms with Crippen LogP contribution < -0.4 is 44.2 Å². The van der Waals surface area contributed by atoms with Gasteiger partial charge in [-0.15, -0.1) is 0 Å². The number of amides is 4. The zero-order chi connectivity index (χ0) is 99.9. The lowest BCUT2D eigenvalue weighted by atomic mass is 9.92. The monoisotopic (exact) mass is 1740 g/mol. The maximum absolute atomic E-state index is 12.7. The maximum atomic E-state index is 12.7. The Labute approximate surface area is 754 Å². The van der Waals surface area contributed by atoms with Crippen LogP contribution in [0.2, 0.25) is 0 Å². The van der Waals surface area contributed by atoms with E-state index in [1.807, 2.05) is 167 Å². The molecule has 0 fully saturated rings. The molecule has 32 heteroatoms. The Morgan fingerprint density at radius 2 is 0.602 bits per heavy atom. The number of anilines is 8. The number of benzene rings is 4. The van der Waals surface area contributed by atoms with E-state index in [1.54, 1.807) is 109 Å². The summed E-state index contributed by atoms with van der Waals surface area (Å²) in [4.78, 5) is 85.6. The highest BCUT2D eigenvalue weighted by Gasteiger charge is 2.28. The molecule has 0 aliphatic carbocycles. The Bertz CT molecular complexity index is 7080. The molecule has 12 aromatic heterocycles. The minimum atomic E-state index is -2.61. The van der Waals surface area contributed by atoms with E-state index >= 15 is 0 Å². The van der Waals surface area contributed by atoms with Crippen molar-refractivity contribution < 1.29 is 49.6 Å². The SMILES string of the molecule is CC(C)c1nc(-c2ccc(CC(=O)Nc3cc(C(C)(C)C)no3)cc2)c2c(N)nccn12.[2H]C([2H])(C(=O)Nc1cc(C(C)(C)C)no1)c1ccc(-c2nc(C(C)C)n3ccnc(N)c23)cc1.[2H]C([2H])([2H])C(C)c1nc(-c2ccc(CC(=O)Nc3cc(C(C)(C)C)no3)cc2)c2c(N)nccn12.[2H]C([2H])([2H])C([2H])(C)c1nc(-c2ccc(CC(=O)Nc3cc(C(C)(C)C)no3)cc2)c2c(N)nccn12. The summed E-state index contributed by atoms with van der Waals surface area (Å²) in [7, 11) is 0. The van der Waals surface area contributed by atoms with Gasteiger partial charge in [0.25, 0.3) is 0 Å². The van der Waals surface area contributed by atoms with Gasteiger partial charge in [0.2, 0.25) is 47.2 Å². The number of imidazole rings is 4. The van der Waals surface area contributed by atoms with Crippen LogP contribution in [0.15, 0.2) is 189 Å². The van der Waals surface area contributed by atoms with Crippen molar-refractivity contribution >= 4 is 92.5 Å². The zero-order valence-electron chi connectivity index (χ0n) is 83.7. The predicted octanol–water partition coefficient (Wildman–Crippen LogP) is 18.3. The number of nitrogens with two attached hydrogens (primary N) is 4. The van der Waals surface area contributed by atoms with Gasteiger partial charge in [0.05, 0.1) is 48.4 Å². The molecule has 12 N–H and O–H groups in total. The molecule has 12 heterocycles. The second-order valence-corrected chi connectivity index (χ2v) is 35.7. The van der Waals surface area contributed by atoms with E-state index in [9.17, 15) is 19.2 Å². The summed E-state index contributed by atoms with van der Waals surface area (Å²) in [6.07, 6.45) is 11.3. The molecule has 0 radical (unpaired) electrons. The van der Waals surface area contributed by atoms with Crippen molar-refractivity contribution in [2.24, 2.45) is 0 Å². The van der Waals surface area contributed by atoms with Crippen LogP contribution in [0.3, 0.4) is 0 Å². The number of aromatic nitrogens is 16. The van der Waals surface area contributed by atoms with Crippen molar-refractivity contribution in [1.82, 2.24) is 78.1 Å². The number of hydrogen-bond acceptors (Lipinski definition) is 24. The Balaban J connectivity index is 0.000000154. The molecule has 2 unspecified atom stereocenters. The van der Waals surface area contributed by atoms with Crippen LogP contribution in [-0.4, -0.2) is 102 Å². The average molecular weight is 1740 g/mol. The molecule has 0 aliphatic rings. The molecule has 0 spiro atoms. The lowest BCUT2D eigenvalue weighted by Gasteiger charge is -2.12. The van der Waals surface area contributed by atoms with Crippen LogP contribution >= 0.6 is 0 Å². The van der Waals surface area contributed by atoms with Gasteiger partial charge in [-0.1, -0.05) is 256 Å². The molecular weight excluding hydrogens is 1620 g/mol. The van der Waals surface area contributed by atoms with Crippen LogP contribution in [0.25, 0.3) is 67.1 Å². The highest BCUT2D eigenvalue weighted by atomic mass is 16.5. The minimum Gasteiger partial charge on any atom is -0.382 e. The van der Waals surface area contributed by atoms with E-state index in [2.05, 4.69) is 85.6 Å². The highest BCUT2D eigenvalue weighted by molar-refractivity contribution is 5.95. The summed E-state index contributed by atoms with van der Waals surface area (Å²) < 4.78 is 100. The minimum absolute atomic E-state index is 0.0340. The Morgan fingerprint density at radius 1 is 0.359 bits per heavy atom. The second kappa shape index (κ2) is 37.2. The van der Waals surface area contributed by atoms with Gasteiger partial charge < -0.3 is 41.0 Å². The van der Waals surface area contributed by atoms with Gasteiger partial charge in [-0.2, -0.15) is 0 Å². The van der Waals surface area contributed by atoms with E-state index in [-0.39, 0.29) is 105 Å². The summed E-state index contributed by atoms with van der Waals surface area (Å²) in [6, 6.07) is 35.5. The van der Waals surface area contributed by atoms with Crippen LogP contribution in [0.4, 0.5) is 46.8 Å². The van der Waals surface area contributed by atoms with Gasteiger partial charge in [0.1, 0.15) is 91.4 Å². The van der Waals surface area contributed by atoms with Crippen molar-refractivity contribution in [2.45, 2.75) is 209 Å². The fourth-order valence-corrected chi connectivity index (χ4v) is 13.7. The third-order valence-corrected chi connectivity index (χ3v) is 20.5. The van der Waals surface area contributed by atoms with Crippen molar-refractivity contribution in [3.8, 4) is 45.0 Å². The first kappa shape index (κ1) is 79.2. The van der Waals surface area contributed by atoms with Crippen molar-refractivity contribution in [1.29, 1.82) is 0 Å². The maximum Gasteiger partial charge on any atom is 0.231 e. The van der Waals surface area contributed by atoms with Crippen LogP contribution in [0.5, 0.6) is 0 Å². The molecule has 664 valence electrons. The molecule has 4 amide bonds. The normalized spacial score (nSPS) is 14.0. The lowest BCUT2D eigenvalue weighted by Crippen LogP contribution is -2.14. The quantitative estimate of drug-likeness (QED) is 0.0351. The number of rotatable bonds is 20. The van der Waals surface area contributed by atoms with Crippen molar-refractivity contribution in [2.75, 3.05) is 44.2 Å². The fraction of sp³-hybridized carbons (Fsp3) is 0.333. The first-order chi connectivity index (χ1) is 64.0. The number of hydrogen-bond donors (Lipinski definition) is 8. The highest BCUT2D eigenvalue weighted by Crippen LogP contribution is 2.38. The molecule has 0 aliphatic heterocycles. The molecule has 0 bridgehead atoms. The summed E-state index contributed by atoms with van der Waals surface area (Å²) in [5.41, 5.74) is 37.2. The number of carbonyl (C=O) groups is 4. The summed E-state index contributed by atoms with van der Waals surface area (Å²) >= 11 is 0. The first-order valence-electron chi connectivity index (χ1n) is 46.0. The average Bonchev–Trinajstić information content (AvgIpc) is 1.59. The standard InChI is InChI=1S/4C24H28N6O2/c4*1-14(2)23-28-20(21-22(25)26-10-11-30(21)23)16-8-6-15(7-9-16)12-18(31)27-19-13-17(29-32-19)24(3,4)5/h4*6-11,13-14H,12H2,1-5H3,(H2,25,26)(H,27,31)/i1D3,14D;12D2;1D3;. The molecule has 2 atom stereocenters. The number of carbonyl (C=O) groups excluding carboxylic acids is 4. The second-order valence-electron chi connectivity index (χ2n) is 35.7. The Hall–Kier alpha value is -14.7. The third kappa shape index (κ3) is 21.1. The van der Waals surface area contributed by atoms with Crippen LogP contribution in [0.1, 0.15) is 243 Å². The topological polar surface area (TPSA) is 445 Å². The van der Waals surface area contributed by atoms with E-state index in [0.29, 0.717) is 74.1 Å². The molecule has 4 aromatic carbocycles. The third-order valence-electron chi connectivity index (χ3n) is 20.5. The summed E-state index contributed by atoms with van der Waals surface area (Å²) in [5, 5.41) is 26.7. The van der Waals surface area contributed by atoms with Crippen LogP contribution in [-0.2, 0) is 66.5 Å². The van der Waals surface area contributed by atoms with Crippen molar-refractivity contribution in [3.05, 3.63) is 239 Å². The first-order valence-corrected chi connectivity index (χ1v) is 41.5. The van der Waals surface area contributed by atoms with Gasteiger partial charge in [-0.3, -0.25) is 58.0 Å². The van der Waals surface area contributed by atoms with E-state index in [0.717, 1.165) is 73.3 Å². The smallest absolute Gasteiger partial charge is 0.231 e. The number of nitrogens with one attached hydrogen (secondary N) is 4. The van der Waals surface area contributed by atoms with Gasteiger partial charge in [0, 0.05) is 154 Å². The zero-order valence-corrected chi connectivity index (χ0v) is 74.7. The lowest BCUT2D eigenvalue weighted by molar-refractivity contribution is -0.116. The van der Waals surface area contributed by atoms with Gasteiger partial charge in [-0.25, -0.2) is 39.9 Å². The molecule has 16 aromatic rings. The van der Waals surface area contributed by atoms with Gasteiger partial charge in [0.15, 0.2) is 0 Å². The van der Waals surface area contributed by atoms with Crippen LogP contribution in [0, 0.1) is 0 Å². The number of fused-ring (bicyclic) bond motifs is 4. The van der Waals surface area contributed by atoms with E-state index in [4.69, 9.17) is 63.3 Å². The van der Waals surface area contributed by atoms with Crippen molar-refractivity contribution in [3.63, 3.8) is 0 Å². The predicted molar refractivity (Wildman–Crippen MR) is 498 cm³/mol. The molecular formula is C96H112N24O8. The number of nitrogens with zero attached hydrogens (tertiary/aromatic N) is 16. The Morgan fingerprint density at radius 3 is 0.844 bits per heavy atom.